The first-order chi connectivity index (χ1) is 16.6. The Kier molecular flexibility index (Phi) is 6.60. The average Bonchev–Trinajstić information content (AvgIpc) is 3.02. The second-order valence-electron chi connectivity index (χ2n) is 9.71. The van der Waals surface area contributed by atoms with Gasteiger partial charge in [-0.1, -0.05) is 33.1 Å². The average molecular weight is 479 g/mol. The fraction of sp³-hybridized carbons (Fsp3) is 0.423. The van der Waals surface area contributed by atoms with Gasteiger partial charge in [-0.05, 0) is 43.9 Å². The van der Waals surface area contributed by atoms with Crippen LogP contribution in [0.1, 0.15) is 79.2 Å². The Morgan fingerprint density at radius 3 is 2.17 bits per heavy atom. The molecule has 1 aliphatic carbocycles. The van der Waals surface area contributed by atoms with Crippen LogP contribution in [-0.4, -0.2) is 39.9 Å². The molecule has 5 N–H and O–H groups in total. The number of fused-ring (bicyclic) bond motifs is 3. The molecular formula is C26H30N4O5. The third-order valence-corrected chi connectivity index (χ3v) is 7.04. The van der Waals surface area contributed by atoms with E-state index in [1.807, 2.05) is 20.8 Å². The zero-order chi connectivity index (χ0) is 25.4. The second kappa shape index (κ2) is 9.48. The second-order valence-corrected chi connectivity index (χ2v) is 9.71. The molecule has 1 fully saturated rings. The number of hydrogen-bond donors (Lipinski definition) is 5. The number of benzene rings is 2. The molecule has 5 rings (SSSR count). The van der Waals surface area contributed by atoms with Gasteiger partial charge in [0.05, 0.1) is 5.56 Å². The molecule has 35 heavy (non-hydrogen) atoms. The van der Waals surface area contributed by atoms with E-state index in [-0.39, 0.29) is 62.1 Å². The normalized spacial score (nSPS) is 15.4. The van der Waals surface area contributed by atoms with E-state index < -0.39 is 23.0 Å². The third kappa shape index (κ3) is 4.50. The van der Waals surface area contributed by atoms with Crippen molar-refractivity contribution < 1.29 is 14.7 Å². The van der Waals surface area contributed by atoms with Gasteiger partial charge in [0.2, 0.25) is 0 Å². The van der Waals surface area contributed by atoms with E-state index in [1.165, 1.54) is 18.2 Å². The highest BCUT2D eigenvalue weighted by atomic mass is 16.4. The van der Waals surface area contributed by atoms with E-state index in [2.05, 4.69) is 15.6 Å². The predicted octanol–water partition coefficient (Wildman–Crippen LogP) is 3.20. The number of carbonyl (C=O) groups is 2. The number of amides is 1. The lowest BCUT2D eigenvalue weighted by Crippen LogP contribution is -2.38. The number of aromatic carboxylic acids is 1. The maximum Gasteiger partial charge on any atom is 0.336 e. The van der Waals surface area contributed by atoms with Crippen LogP contribution >= 0.6 is 0 Å². The Labute approximate surface area is 201 Å². The molecule has 2 aromatic heterocycles. The quantitative estimate of drug-likeness (QED) is 0.271. The minimum atomic E-state index is -1.33. The van der Waals surface area contributed by atoms with Gasteiger partial charge in [0, 0.05) is 44.8 Å². The number of rotatable bonds is 6. The molecular weight excluding hydrogens is 448 g/mol. The summed E-state index contributed by atoms with van der Waals surface area (Å²) < 4.78 is 0. The van der Waals surface area contributed by atoms with Crippen LogP contribution in [0.15, 0.2) is 27.8 Å². The van der Waals surface area contributed by atoms with Gasteiger partial charge in [0.25, 0.3) is 17.0 Å². The van der Waals surface area contributed by atoms with E-state index >= 15 is 0 Å². The maximum atomic E-state index is 13.3. The number of carboxylic acid groups (broad SMARTS) is 1. The first kappa shape index (κ1) is 24.4. The first-order valence-corrected chi connectivity index (χ1v) is 12.0. The topological polar surface area (TPSA) is 152 Å². The van der Waals surface area contributed by atoms with Gasteiger partial charge in [-0.3, -0.25) is 24.8 Å². The molecule has 9 heteroatoms. The van der Waals surface area contributed by atoms with Crippen LogP contribution in [0.4, 0.5) is 0 Å². The molecule has 0 spiro atoms. The van der Waals surface area contributed by atoms with Gasteiger partial charge >= 0.3 is 5.97 Å². The van der Waals surface area contributed by atoms with Gasteiger partial charge in [0.1, 0.15) is 5.84 Å². The zero-order valence-corrected chi connectivity index (χ0v) is 20.1. The molecule has 9 nitrogen and oxygen atoms in total. The number of nitrogens with one attached hydrogen (secondary N) is 4. The van der Waals surface area contributed by atoms with Crippen LogP contribution in [0.2, 0.25) is 0 Å². The lowest BCUT2D eigenvalue weighted by atomic mass is 9.89. The number of hydrogen-bond acceptors (Lipinski definition) is 5. The van der Waals surface area contributed by atoms with E-state index in [0.29, 0.717) is 0 Å². The monoisotopic (exact) mass is 478 g/mol. The van der Waals surface area contributed by atoms with Crippen LogP contribution < -0.4 is 21.8 Å². The highest BCUT2D eigenvalue weighted by Gasteiger charge is 2.28. The predicted molar refractivity (Wildman–Crippen MR) is 135 cm³/mol. The van der Waals surface area contributed by atoms with Crippen LogP contribution in [0.5, 0.6) is 0 Å². The number of carboxylic acids is 1. The summed E-state index contributed by atoms with van der Waals surface area (Å²) in [5.74, 6) is -1.89. The van der Waals surface area contributed by atoms with Crippen LogP contribution in [0.25, 0.3) is 21.5 Å². The molecule has 4 aromatic rings. The molecule has 1 saturated carbocycles. The minimum absolute atomic E-state index is 0.00762. The highest BCUT2D eigenvalue weighted by molar-refractivity contribution is 6.27. The number of aromatic nitrogens is 1. The van der Waals surface area contributed by atoms with Crippen molar-refractivity contribution in [3.8, 4) is 0 Å². The third-order valence-electron chi connectivity index (χ3n) is 7.04. The molecule has 1 aliphatic rings. The van der Waals surface area contributed by atoms with Crippen molar-refractivity contribution in [1.82, 2.24) is 15.6 Å². The molecule has 0 radical (unpaired) electrons. The number of amidine groups is 1. The lowest BCUT2D eigenvalue weighted by Gasteiger charge is -2.25. The summed E-state index contributed by atoms with van der Waals surface area (Å²) in [5, 5.41) is 25.4. The van der Waals surface area contributed by atoms with Crippen molar-refractivity contribution in [2.75, 3.05) is 0 Å². The summed E-state index contributed by atoms with van der Waals surface area (Å²) >= 11 is 0. The number of aromatic amines is 1. The van der Waals surface area contributed by atoms with E-state index in [9.17, 15) is 24.3 Å². The molecule has 2 heterocycles. The number of carbonyl (C=O) groups excluding carboxylic acids is 1. The summed E-state index contributed by atoms with van der Waals surface area (Å²) in [7, 11) is 0. The van der Waals surface area contributed by atoms with Crippen LogP contribution in [0.3, 0.4) is 0 Å². The fourth-order valence-corrected chi connectivity index (χ4v) is 4.76. The van der Waals surface area contributed by atoms with E-state index in [4.69, 9.17) is 5.41 Å². The Balaban J connectivity index is 2.05. The molecule has 1 atom stereocenters. The standard InChI is InChI=1S/C26H30N4O5/c1-12(2)13(3)28-25(33)17-11-18(26(34)35)21(22(27)29-14-7-5-4-6-8-14)20-16-10-9-15(19(17)20)23(31)30-24(16)32/h9-14H,4-8H2,1-3H3,(H2,27,29)(H,28,33)(H,34,35)(H,30,31,32). The summed E-state index contributed by atoms with van der Waals surface area (Å²) in [5.41, 5.74) is -1.65. The van der Waals surface area contributed by atoms with E-state index in [1.54, 1.807) is 0 Å². The van der Waals surface area contributed by atoms with Crippen molar-refractivity contribution in [2.24, 2.45) is 5.92 Å². The van der Waals surface area contributed by atoms with Crippen molar-refractivity contribution in [3.05, 3.63) is 55.6 Å². The Morgan fingerprint density at radius 1 is 1.00 bits per heavy atom. The molecule has 184 valence electrons. The van der Waals surface area contributed by atoms with Gasteiger partial charge < -0.3 is 15.7 Å². The summed E-state index contributed by atoms with van der Waals surface area (Å²) in [6, 6.07) is 3.91. The van der Waals surface area contributed by atoms with Gasteiger partial charge in [-0.15, -0.1) is 0 Å². The van der Waals surface area contributed by atoms with Crippen LogP contribution in [-0.2, 0) is 0 Å². The van der Waals surface area contributed by atoms with Crippen molar-refractivity contribution in [2.45, 2.75) is 65.0 Å². The summed E-state index contributed by atoms with van der Waals surface area (Å²) in [6.07, 6.45) is 4.85. The summed E-state index contributed by atoms with van der Waals surface area (Å²) in [4.78, 5) is 53.7. The Bertz CT molecular complexity index is 1440. The molecule has 2 aromatic carbocycles. The largest absolute Gasteiger partial charge is 0.478 e. The van der Waals surface area contributed by atoms with Crippen molar-refractivity contribution in [3.63, 3.8) is 0 Å². The highest BCUT2D eigenvalue weighted by Crippen LogP contribution is 2.32. The van der Waals surface area contributed by atoms with Crippen molar-refractivity contribution >= 4 is 39.3 Å². The van der Waals surface area contributed by atoms with E-state index in [0.717, 1.165) is 32.1 Å². The fourth-order valence-electron chi connectivity index (χ4n) is 4.76. The number of H-pyrrole nitrogens is 1. The minimum Gasteiger partial charge on any atom is -0.478 e. The summed E-state index contributed by atoms with van der Waals surface area (Å²) in [6.45, 7) is 5.72. The molecule has 2 bridgehead atoms. The first-order valence-electron chi connectivity index (χ1n) is 12.0. The zero-order valence-electron chi connectivity index (χ0n) is 20.1. The smallest absolute Gasteiger partial charge is 0.336 e. The van der Waals surface area contributed by atoms with Gasteiger partial charge in [0.15, 0.2) is 0 Å². The van der Waals surface area contributed by atoms with Gasteiger partial charge in [-0.25, -0.2) is 4.79 Å². The maximum absolute atomic E-state index is 13.3. The molecule has 1 unspecified atom stereocenters. The molecule has 1 amide bonds. The molecule has 0 aliphatic heterocycles. The lowest BCUT2D eigenvalue weighted by molar-refractivity contribution is 0.0696. The Morgan fingerprint density at radius 2 is 1.60 bits per heavy atom. The SMILES string of the molecule is CC(C)C(C)NC(=O)c1cc(C(=O)O)c(C(=N)NC2CCCCC2)c2c3ccc(c(=O)[nH]c3=O)c12. The van der Waals surface area contributed by atoms with Crippen molar-refractivity contribution in [1.29, 1.82) is 5.41 Å². The Hall–Kier alpha value is -3.75. The molecule has 0 saturated heterocycles. The van der Waals surface area contributed by atoms with Gasteiger partial charge in [-0.2, -0.15) is 0 Å². The van der Waals surface area contributed by atoms with Crippen LogP contribution in [0, 0.1) is 11.3 Å².